The summed E-state index contributed by atoms with van der Waals surface area (Å²) in [5.74, 6) is 0.213. The highest BCUT2D eigenvalue weighted by Gasteiger charge is 2.43. The Morgan fingerprint density at radius 3 is 2.90 bits per heavy atom. The predicted molar refractivity (Wildman–Crippen MR) is 78.8 cm³/mol. The molecule has 3 rings (SSSR count). The molecule has 21 heavy (non-hydrogen) atoms. The zero-order valence-electron chi connectivity index (χ0n) is 12.4. The zero-order chi connectivity index (χ0) is 14.9. The number of nitrogens with one attached hydrogen (secondary N) is 1. The number of carbonyl (C=O) groups is 2. The van der Waals surface area contributed by atoms with Crippen LogP contribution in [-0.2, 0) is 4.79 Å². The van der Waals surface area contributed by atoms with Gasteiger partial charge in [0, 0.05) is 32.0 Å². The van der Waals surface area contributed by atoms with Gasteiger partial charge in [0.25, 0.3) is 5.91 Å². The summed E-state index contributed by atoms with van der Waals surface area (Å²) in [6.07, 6.45) is 6.78. The van der Waals surface area contributed by atoms with Gasteiger partial charge >= 0.3 is 0 Å². The van der Waals surface area contributed by atoms with Gasteiger partial charge in [0.1, 0.15) is 0 Å². The zero-order valence-corrected chi connectivity index (χ0v) is 12.4. The van der Waals surface area contributed by atoms with Crippen LogP contribution >= 0.6 is 0 Å². The van der Waals surface area contributed by atoms with Crippen molar-refractivity contribution in [2.45, 2.75) is 32.6 Å². The minimum atomic E-state index is -0.237. The molecule has 1 spiro atoms. The molecule has 0 radical (unpaired) electrons. The first kappa shape index (κ1) is 14.0. The summed E-state index contributed by atoms with van der Waals surface area (Å²) in [7, 11) is 0. The molecule has 0 aliphatic carbocycles. The monoisotopic (exact) mass is 287 g/mol. The number of pyridine rings is 1. The third-order valence-corrected chi connectivity index (χ3v) is 4.87. The van der Waals surface area contributed by atoms with E-state index in [2.05, 4.69) is 10.3 Å². The summed E-state index contributed by atoms with van der Waals surface area (Å²) in [6.45, 7) is 4.08. The van der Waals surface area contributed by atoms with Crippen molar-refractivity contribution in [3.63, 3.8) is 0 Å². The minimum Gasteiger partial charge on any atom is -0.356 e. The number of aryl methyl sites for hydroxylation is 1. The summed E-state index contributed by atoms with van der Waals surface area (Å²) in [5.41, 5.74) is 1.39. The first-order valence-electron chi connectivity index (χ1n) is 7.61. The number of carbonyl (C=O) groups excluding carboxylic acids is 2. The van der Waals surface area contributed by atoms with Gasteiger partial charge in [0.2, 0.25) is 5.91 Å². The van der Waals surface area contributed by atoms with Crippen molar-refractivity contribution in [1.29, 1.82) is 0 Å². The van der Waals surface area contributed by atoms with Crippen molar-refractivity contribution in [3.05, 3.63) is 29.6 Å². The van der Waals surface area contributed by atoms with E-state index in [1.807, 2.05) is 17.9 Å². The fourth-order valence-corrected chi connectivity index (χ4v) is 3.45. The Bertz CT molecular complexity index is 572. The Hall–Kier alpha value is -1.91. The first-order valence-corrected chi connectivity index (χ1v) is 7.61. The van der Waals surface area contributed by atoms with E-state index in [0.717, 1.165) is 44.3 Å². The molecular weight excluding hydrogens is 266 g/mol. The van der Waals surface area contributed by atoms with Crippen LogP contribution in [0, 0.1) is 12.3 Å². The molecule has 0 bridgehead atoms. The molecule has 5 nitrogen and oxygen atoms in total. The van der Waals surface area contributed by atoms with Gasteiger partial charge in [-0.25, -0.2) is 0 Å². The molecule has 5 heteroatoms. The third-order valence-electron chi connectivity index (χ3n) is 4.87. The van der Waals surface area contributed by atoms with Gasteiger partial charge in [-0.1, -0.05) is 0 Å². The minimum absolute atomic E-state index is 0.0380. The maximum atomic E-state index is 12.6. The van der Waals surface area contributed by atoms with Crippen LogP contribution < -0.4 is 5.32 Å². The number of hydrogen-bond acceptors (Lipinski definition) is 3. The lowest BCUT2D eigenvalue weighted by molar-refractivity contribution is -0.128. The number of amides is 2. The van der Waals surface area contributed by atoms with Crippen molar-refractivity contribution in [3.8, 4) is 0 Å². The molecule has 2 fully saturated rings. The second kappa shape index (κ2) is 5.47. The van der Waals surface area contributed by atoms with E-state index in [-0.39, 0.29) is 17.2 Å². The topological polar surface area (TPSA) is 62.3 Å². The van der Waals surface area contributed by atoms with Crippen LogP contribution in [0.2, 0.25) is 0 Å². The smallest absolute Gasteiger partial charge is 0.255 e. The molecule has 0 saturated carbocycles. The van der Waals surface area contributed by atoms with Gasteiger partial charge < -0.3 is 10.2 Å². The molecular formula is C16H21N3O2. The normalized spacial score (nSPS) is 25.8. The van der Waals surface area contributed by atoms with Crippen LogP contribution in [0.3, 0.4) is 0 Å². The van der Waals surface area contributed by atoms with E-state index in [4.69, 9.17) is 0 Å². The van der Waals surface area contributed by atoms with Crippen LogP contribution in [-0.4, -0.2) is 41.3 Å². The van der Waals surface area contributed by atoms with Gasteiger partial charge in [-0.2, -0.15) is 0 Å². The summed E-state index contributed by atoms with van der Waals surface area (Å²) >= 11 is 0. The maximum Gasteiger partial charge on any atom is 0.255 e. The van der Waals surface area contributed by atoms with Gasteiger partial charge in [-0.05, 0) is 44.2 Å². The molecule has 112 valence electrons. The van der Waals surface area contributed by atoms with E-state index < -0.39 is 0 Å². The number of aromatic nitrogens is 1. The predicted octanol–water partition coefficient (Wildman–Crippen LogP) is 1.52. The Morgan fingerprint density at radius 1 is 1.33 bits per heavy atom. The second-order valence-corrected chi connectivity index (χ2v) is 6.12. The average molecular weight is 287 g/mol. The number of rotatable bonds is 1. The van der Waals surface area contributed by atoms with Crippen molar-refractivity contribution in [1.82, 2.24) is 15.2 Å². The molecule has 0 aromatic carbocycles. The molecule has 2 aliphatic heterocycles. The molecule has 1 atom stereocenters. The Morgan fingerprint density at radius 2 is 2.19 bits per heavy atom. The van der Waals surface area contributed by atoms with Gasteiger partial charge in [0.05, 0.1) is 11.0 Å². The molecule has 1 unspecified atom stereocenters. The first-order chi connectivity index (χ1) is 10.1. The van der Waals surface area contributed by atoms with E-state index >= 15 is 0 Å². The van der Waals surface area contributed by atoms with Crippen LogP contribution in [0.25, 0.3) is 0 Å². The summed E-state index contributed by atoms with van der Waals surface area (Å²) in [5, 5.41) is 2.94. The standard InChI is InChI=1S/C16H21N3O2/c1-12-3-7-17-11-13(12)14(20)19-9-2-4-16(6-10-19)5-8-18-15(16)21/h3,7,11H,2,4-6,8-10H2,1H3,(H,18,21). The highest BCUT2D eigenvalue weighted by molar-refractivity contribution is 5.95. The average Bonchev–Trinajstić information content (AvgIpc) is 2.71. The van der Waals surface area contributed by atoms with Crippen LogP contribution in [0.15, 0.2) is 18.5 Å². The van der Waals surface area contributed by atoms with E-state index in [9.17, 15) is 9.59 Å². The molecule has 2 saturated heterocycles. The van der Waals surface area contributed by atoms with Crippen molar-refractivity contribution < 1.29 is 9.59 Å². The highest BCUT2D eigenvalue weighted by Crippen LogP contribution is 2.38. The maximum absolute atomic E-state index is 12.6. The quantitative estimate of drug-likeness (QED) is 0.852. The molecule has 1 N–H and O–H groups in total. The SMILES string of the molecule is Cc1ccncc1C(=O)N1CCCC2(CCNC2=O)CC1. The summed E-state index contributed by atoms with van der Waals surface area (Å²) < 4.78 is 0. The number of nitrogens with zero attached hydrogens (tertiary/aromatic N) is 2. The largest absolute Gasteiger partial charge is 0.356 e. The van der Waals surface area contributed by atoms with Crippen molar-refractivity contribution in [2.75, 3.05) is 19.6 Å². The van der Waals surface area contributed by atoms with Crippen LogP contribution in [0.1, 0.15) is 41.6 Å². The fraction of sp³-hybridized carbons (Fsp3) is 0.562. The highest BCUT2D eigenvalue weighted by atomic mass is 16.2. The molecule has 3 heterocycles. The number of likely N-dealkylation sites (tertiary alicyclic amines) is 1. The van der Waals surface area contributed by atoms with E-state index in [1.54, 1.807) is 12.4 Å². The molecule has 1 aromatic heterocycles. The Kier molecular flexibility index (Phi) is 3.66. The molecule has 2 aliphatic rings. The van der Waals surface area contributed by atoms with Crippen molar-refractivity contribution >= 4 is 11.8 Å². The van der Waals surface area contributed by atoms with Crippen LogP contribution in [0.4, 0.5) is 0 Å². The van der Waals surface area contributed by atoms with Gasteiger partial charge in [-0.3, -0.25) is 14.6 Å². The van der Waals surface area contributed by atoms with Gasteiger partial charge in [-0.15, -0.1) is 0 Å². The lowest BCUT2D eigenvalue weighted by Gasteiger charge is -2.24. The Labute approximate surface area is 124 Å². The summed E-state index contributed by atoms with van der Waals surface area (Å²) in [4.78, 5) is 30.7. The molecule has 2 amide bonds. The van der Waals surface area contributed by atoms with E-state index in [1.165, 1.54) is 0 Å². The van der Waals surface area contributed by atoms with Crippen molar-refractivity contribution in [2.24, 2.45) is 5.41 Å². The second-order valence-electron chi connectivity index (χ2n) is 6.12. The Balaban J connectivity index is 1.75. The third kappa shape index (κ3) is 2.52. The van der Waals surface area contributed by atoms with E-state index in [0.29, 0.717) is 12.1 Å². The summed E-state index contributed by atoms with van der Waals surface area (Å²) in [6, 6.07) is 1.86. The lowest BCUT2D eigenvalue weighted by Crippen LogP contribution is -2.35. The van der Waals surface area contributed by atoms with Gasteiger partial charge in [0.15, 0.2) is 0 Å². The number of hydrogen-bond donors (Lipinski definition) is 1. The fourth-order valence-electron chi connectivity index (χ4n) is 3.45. The molecule has 1 aromatic rings. The lowest BCUT2D eigenvalue weighted by atomic mass is 9.79. The van der Waals surface area contributed by atoms with Crippen LogP contribution in [0.5, 0.6) is 0 Å².